The van der Waals surface area contributed by atoms with Crippen molar-refractivity contribution in [2.75, 3.05) is 19.8 Å². The van der Waals surface area contributed by atoms with E-state index < -0.39 is 0 Å². The zero-order valence-electron chi connectivity index (χ0n) is 11.7. The first-order valence-corrected chi connectivity index (χ1v) is 6.36. The van der Waals surface area contributed by atoms with E-state index in [1.54, 1.807) is 0 Å². The predicted octanol–water partition coefficient (Wildman–Crippen LogP) is 3.92. The molecule has 0 aliphatic rings. The third-order valence-electron chi connectivity index (χ3n) is 2.40. The molecule has 3 nitrogen and oxygen atoms in total. The van der Waals surface area contributed by atoms with E-state index in [1.165, 1.54) is 0 Å². The molecule has 1 rings (SSSR count). The molecule has 1 aromatic rings. The van der Waals surface area contributed by atoms with Crippen molar-refractivity contribution >= 4 is 5.57 Å². The van der Waals surface area contributed by atoms with Crippen molar-refractivity contribution in [1.82, 2.24) is 0 Å². The molecule has 0 heterocycles. The van der Waals surface area contributed by atoms with Crippen molar-refractivity contribution in [2.24, 2.45) is 0 Å². The molecule has 0 aliphatic carbocycles. The van der Waals surface area contributed by atoms with Crippen LogP contribution in [0.5, 0.6) is 17.2 Å². The molecule has 18 heavy (non-hydrogen) atoms. The Labute approximate surface area is 109 Å². The summed E-state index contributed by atoms with van der Waals surface area (Å²) in [5.74, 6) is 2.10. The molecular formula is C15H22O3. The summed E-state index contributed by atoms with van der Waals surface area (Å²) in [6.07, 6.45) is 0. The van der Waals surface area contributed by atoms with Crippen molar-refractivity contribution in [1.29, 1.82) is 0 Å². The van der Waals surface area contributed by atoms with Gasteiger partial charge in [-0.1, -0.05) is 12.2 Å². The van der Waals surface area contributed by atoms with Gasteiger partial charge in [0.05, 0.1) is 19.8 Å². The first-order chi connectivity index (χ1) is 8.63. The van der Waals surface area contributed by atoms with Crippen LogP contribution < -0.4 is 14.2 Å². The minimum absolute atomic E-state index is 0.576. The summed E-state index contributed by atoms with van der Waals surface area (Å²) in [5.41, 5.74) is 1.98. The first kappa shape index (κ1) is 14.4. The highest BCUT2D eigenvalue weighted by atomic mass is 16.5. The summed E-state index contributed by atoms with van der Waals surface area (Å²) >= 11 is 0. The Hall–Kier alpha value is -1.64. The Morgan fingerprint density at radius 2 is 1.39 bits per heavy atom. The SMILES string of the molecule is C=C(C)c1cc(OCC)c(OCC)c(OCC)c1. The van der Waals surface area contributed by atoms with Crippen molar-refractivity contribution in [3.05, 3.63) is 24.3 Å². The molecule has 0 fully saturated rings. The minimum atomic E-state index is 0.576. The number of benzene rings is 1. The molecule has 3 heteroatoms. The zero-order chi connectivity index (χ0) is 13.5. The molecule has 0 amide bonds. The van der Waals surface area contributed by atoms with Crippen LogP contribution in [0.4, 0.5) is 0 Å². The van der Waals surface area contributed by atoms with Crippen LogP contribution in [-0.2, 0) is 0 Å². The maximum Gasteiger partial charge on any atom is 0.203 e. The summed E-state index contributed by atoms with van der Waals surface area (Å²) in [5, 5.41) is 0. The summed E-state index contributed by atoms with van der Waals surface area (Å²) in [7, 11) is 0. The fourth-order valence-corrected chi connectivity index (χ4v) is 1.64. The average Bonchev–Trinajstić information content (AvgIpc) is 2.33. The highest BCUT2D eigenvalue weighted by Gasteiger charge is 2.14. The zero-order valence-corrected chi connectivity index (χ0v) is 11.7. The highest BCUT2D eigenvalue weighted by molar-refractivity contribution is 5.68. The smallest absolute Gasteiger partial charge is 0.203 e. The normalized spacial score (nSPS) is 10.0. The van der Waals surface area contributed by atoms with Crippen LogP contribution in [0.3, 0.4) is 0 Å². The fourth-order valence-electron chi connectivity index (χ4n) is 1.64. The second kappa shape index (κ2) is 6.94. The second-order valence-corrected chi connectivity index (χ2v) is 3.88. The Morgan fingerprint density at radius 3 is 1.72 bits per heavy atom. The average molecular weight is 250 g/mol. The van der Waals surface area contributed by atoms with Crippen molar-refractivity contribution in [2.45, 2.75) is 27.7 Å². The van der Waals surface area contributed by atoms with E-state index in [2.05, 4.69) is 6.58 Å². The van der Waals surface area contributed by atoms with Gasteiger partial charge in [0.1, 0.15) is 0 Å². The molecule has 0 atom stereocenters. The van der Waals surface area contributed by atoms with E-state index in [9.17, 15) is 0 Å². The summed E-state index contributed by atoms with van der Waals surface area (Å²) in [6, 6.07) is 3.89. The van der Waals surface area contributed by atoms with E-state index in [1.807, 2.05) is 39.8 Å². The summed E-state index contributed by atoms with van der Waals surface area (Å²) < 4.78 is 16.9. The Morgan fingerprint density at radius 1 is 0.944 bits per heavy atom. The lowest BCUT2D eigenvalue weighted by atomic mass is 10.1. The lowest BCUT2D eigenvalue weighted by Gasteiger charge is -2.17. The van der Waals surface area contributed by atoms with Gasteiger partial charge in [0.15, 0.2) is 11.5 Å². The molecule has 0 radical (unpaired) electrons. The van der Waals surface area contributed by atoms with Gasteiger partial charge in [0.2, 0.25) is 5.75 Å². The Kier molecular flexibility index (Phi) is 5.56. The Bertz CT molecular complexity index is 383. The van der Waals surface area contributed by atoms with Gasteiger partial charge in [-0.15, -0.1) is 0 Å². The lowest BCUT2D eigenvalue weighted by molar-refractivity contribution is 0.260. The molecule has 1 aromatic carbocycles. The van der Waals surface area contributed by atoms with Gasteiger partial charge >= 0.3 is 0 Å². The Balaban J connectivity index is 3.28. The van der Waals surface area contributed by atoms with Gasteiger partial charge in [0, 0.05) is 0 Å². The third kappa shape index (κ3) is 3.42. The number of hydrogen-bond acceptors (Lipinski definition) is 3. The van der Waals surface area contributed by atoms with Crippen LogP contribution in [0, 0.1) is 0 Å². The topological polar surface area (TPSA) is 27.7 Å². The van der Waals surface area contributed by atoms with Gasteiger partial charge in [-0.05, 0) is 45.4 Å². The lowest BCUT2D eigenvalue weighted by Crippen LogP contribution is -2.03. The molecular weight excluding hydrogens is 228 g/mol. The standard InChI is InChI=1S/C15H22O3/c1-6-16-13-9-12(11(4)5)10-14(17-7-2)15(13)18-8-3/h9-10H,4,6-8H2,1-3,5H3. The van der Waals surface area contributed by atoms with Crippen LogP contribution >= 0.6 is 0 Å². The number of allylic oxidation sites excluding steroid dienone is 1. The van der Waals surface area contributed by atoms with Gasteiger partial charge in [-0.2, -0.15) is 0 Å². The quantitative estimate of drug-likeness (QED) is 0.734. The molecule has 0 spiro atoms. The van der Waals surface area contributed by atoms with Crippen LogP contribution in [0.2, 0.25) is 0 Å². The first-order valence-electron chi connectivity index (χ1n) is 6.36. The summed E-state index contributed by atoms with van der Waals surface area (Å²) in [4.78, 5) is 0. The monoisotopic (exact) mass is 250 g/mol. The highest BCUT2D eigenvalue weighted by Crippen LogP contribution is 2.40. The van der Waals surface area contributed by atoms with Gasteiger partial charge in [-0.3, -0.25) is 0 Å². The van der Waals surface area contributed by atoms with Crippen LogP contribution in [-0.4, -0.2) is 19.8 Å². The maximum atomic E-state index is 5.63. The maximum absolute atomic E-state index is 5.63. The van der Waals surface area contributed by atoms with Crippen LogP contribution in [0.1, 0.15) is 33.3 Å². The van der Waals surface area contributed by atoms with Crippen LogP contribution in [0.25, 0.3) is 5.57 Å². The molecule has 0 aliphatic heterocycles. The van der Waals surface area contributed by atoms with E-state index >= 15 is 0 Å². The third-order valence-corrected chi connectivity index (χ3v) is 2.40. The van der Waals surface area contributed by atoms with Crippen molar-refractivity contribution in [3.8, 4) is 17.2 Å². The van der Waals surface area contributed by atoms with Gasteiger partial charge < -0.3 is 14.2 Å². The van der Waals surface area contributed by atoms with Crippen molar-refractivity contribution < 1.29 is 14.2 Å². The van der Waals surface area contributed by atoms with E-state index in [0.29, 0.717) is 37.1 Å². The summed E-state index contributed by atoms with van der Waals surface area (Å²) in [6.45, 7) is 13.5. The minimum Gasteiger partial charge on any atom is -0.490 e. The molecule has 0 saturated carbocycles. The number of rotatable bonds is 7. The molecule has 0 unspecified atom stereocenters. The molecule has 100 valence electrons. The largest absolute Gasteiger partial charge is 0.490 e. The molecule has 0 aromatic heterocycles. The predicted molar refractivity (Wildman–Crippen MR) is 74.7 cm³/mol. The van der Waals surface area contributed by atoms with Crippen molar-refractivity contribution in [3.63, 3.8) is 0 Å². The molecule has 0 bridgehead atoms. The van der Waals surface area contributed by atoms with E-state index in [-0.39, 0.29) is 0 Å². The van der Waals surface area contributed by atoms with Gasteiger partial charge in [-0.25, -0.2) is 0 Å². The van der Waals surface area contributed by atoms with Gasteiger partial charge in [0.25, 0.3) is 0 Å². The second-order valence-electron chi connectivity index (χ2n) is 3.88. The molecule has 0 N–H and O–H groups in total. The molecule has 0 saturated heterocycles. The van der Waals surface area contributed by atoms with Crippen LogP contribution in [0.15, 0.2) is 18.7 Å². The fraction of sp³-hybridized carbons (Fsp3) is 0.467. The van der Waals surface area contributed by atoms with E-state index in [4.69, 9.17) is 14.2 Å². The number of hydrogen-bond donors (Lipinski definition) is 0. The van der Waals surface area contributed by atoms with E-state index in [0.717, 1.165) is 11.1 Å². The number of ether oxygens (including phenoxy) is 3.